The lowest BCUT2D eigenvalue weighted by Gasteiger charge is -2.08. The maximum atomic E-state index is 12.8. The molecule has 0 radical (unpaired) electrons. The van der Waals surface area contributed by atoms with Gasteiger partial charge in [-0.2, -0.15) is 10.4 Å². The highest BCUT2D eigenvalue weighted by Gasteiger charge is 2.16. The van der Waals surface area contributed by atoms with Gasteiger partial charge in [-0.3, -0.25) is 4.79 Å². The fourth-order valence-electron chi connectivity index (χ4n) is 3.90. The molecule has 0 fully saturated rings. The molecule has 0 saturated heterocycles. The van der Waals surface area contributed by atoms with E-state index < -0.39 is 5.91 Å². The fourth-order valence-corrected chi connectivity index (χ4v) is 4.09. The maximum Gasteiger partial charge on any atom is 0.262 e. The van der Waals surface area contributed by atoms with Crippen LogP contribution in [0, 0.1) is 11.3 Å². The second-order valence-electron chi connectivity index (χ2n) is 8.55. The molecule has 0 aliphatic rings. The van der Waals surface area contributed by atoms with E-state index in [2.05, 4.69) is 5.32 Å². The van der Waals surface area contributed by atoms with Crippen LogP contribution in [0.15, 0.2) is 113 Å². The second kappa shape index (κ2) is 12.0. The first kappa shape index (κ1) is 25.6. The molecule has 192 valence electrons. The molecule has 1 amide bonds. The molecule has 5 rings (SSSR count). The third kappa shape index (κ3) is 6.27. The lowest BCUT2D eigenvalue weighted by Crippen LogP contribution is -2.23. The molecule has 0 aliphatic carbocycles. The number of aromatic nitrogens is 2. The number of carbonyl (C=O) groups is 1. The first-order valence-corrected chi connectivity index (χ1v) is 12.5. The molecule has 3 aromatic carbocycles. The Balaban J connectivity index is 1.42. The van der Waals surface area contributed by atoms with E-state index in [9.17, 15) is 10.1 Å². The van der Waals surface area contributed by atoms with Gasteiger partial charge >= 0.3 is 0 Å². The van der Waals surface area contributed by atoms with Crippen molar-refractivity contribution in [2.75, 3.05) is 0 Å². The summed E-state index contributed by atoms with van der Waals surface area (Å²) in [6.07, 6.45) is 4.87. The van der Waals surface area contributed by atoms with Crippen molar-refractivity contribution < 1.29 is 13.9 Å². The van der Waals surface area contributed by atoms with Crippen molar-refractivity contribution in [3.63, 3.8) is 0 Å². The molecule has 8 heteroatoms. The minimum Gasteiger partial charge on any atom is -0.489 e. The van der Waals surface area contributed by atoms with Gasteiger partial charge in [-0.05, 0) is 60.7 Å². The molecule has 0 unspecified atom stereocenters. The van der Waals surface area contributed by atoms with Gasteiger partial charge in [0.05, 0.1) is 24.2 Å². The van der Waals surface area contributed by atoms with Crippen LogP contribution in [-0.4, -0.2) is 15.7 Å². The molecular weight excluding hydrogens is 512 g/mol. The number of hydrogen-bond donors (Lipinski definition) is 1. The first-order valence-electron chi connectivity index (χ1n) is 12.1. The van der Waals surface area contributed by atoms with E-state index in [4.69, 9.17) is 25.9 Å². The van der Waals surface area contributed by atoms with Crippen molar-refractivity contribution >= 4 is 23.6 Å². The first-order chi connectivity index (χ1) is 19.1. The van der Waals surface area contributed by atoms with E-state index in [-0.39, 0.29) is 12.1 Å². The van der Waals surface area contributed by atoms with Crippen LogP contribution >= 0.6 is 11.6 Å². The van der Waals surface area contributed by atoms with Gasteiger partial charge in [0, 0.05) is 27.9 Å². The summed E-state index contributed by atoms with van der Waals surface area (Å²) in [6, 6.07) is 30.1. The predicted molar refractivity (Wildman–Crippen MR) is 149 cm³/mol. The molecule has 2 aromatic heterocycles. The number of para-hydroxylation sites is 1. The summed E-state index contributed by atoms with van der Waals surface area (Å²) >= 11 is 6.24. The molecule has 0 spiro atoms. The minimum atomic E-state index is -0.504. The van der Waals surface area contributed by atoms with Gasteiger partial charge < -0.3 is 14.5 Å². The van der Waals surface area contributed by atoms with Gasteiger partial charge in [-0.15, -0.1) is 0 Å². The van der Waals surface area contributed by atoms with Crippen molar-refractivity contribution in [1.82, 2.24) is 15.1 Å². The molecule has 7 nitrogen and oxygen atoms in total. The molecular formula is C31H23ClN4O3. The summed E-state index contributed by atoms with van der Waals surface area (Å²) in [5, 5.41) is 17.9. The lowest BCUT2D eigenvalue weighted by atomic mass is 10.1. The van der Waals surface area contributed by atoms with Crippen LogP contribution in [0.25, 0.3) is 23.0 Å². The number of nitrogens with zero attached hydrogens (tertiary/aromatic N) is 3. The predicted octanol–water partition coefficient (Wildman–Crippen LogP) is 6.59. The van der Waals surface area contributed by atoms with E-state index >= 15 is 0 Å². The van der Waals surface area contributed by atoms with E-state index in [0.29, 0.717) is 34.4 Å². The Labute approximate surface area is 230 Å². The molecule has 39 heavy (non-hydrogen) atoms. The van der Waals surface area contributed by atoms with Crippen LogP contribution in [0.5, 0.6) is 5.75 Å². The van der Waals surface area contributed by atoms with Crippen LogP contribution in [0.1, 0.15) is 16.9 Å². The highest BCUT2D eigenvalue weighted by atomic mass is 35.5. The van der Waals surface area contributed by atoms with Crippen molar-refractivity contribution in [3.8, 4) is 28.8 Å². The minimum absolute atomic E-state index is 0.0462. The van der Waals surface area contributed by atoms with Gasteiger partial charge in [-0.1, -0.05) is 48.0 Å². The van der Waals surface area contributed by atoms with Crippen LogP contribution in [-0.2, 0) is 17.9 Å². The summed E-state index contributed by atoms with van der Waals surface area (Å²) in [4.78, 5) is 12.8. The third-order valence-electron chi connectivity index (χ3n) is 5.91. The summed E-state index contributed by atoms with van der Waals surface area (Å²) in [5.74, 6) is 0.763. The molecule has 2 heterocycles. The quantitative estimate of drug-likeness (QED) is 0.170. The summed E-state index contributed by atoms with van der Waals surface area (Å²) in [5.41, 5.74) is 3.73. The topological polar surface area (TPSA) is 93.1 Å². The zero-order valence-corrected chi connectivity index (χ0v) is 21.5. The number of carbonyl (C=O) groups excluding carboxylic acids is 1. The van der Waals surface area contributed by atoms with Crippen LogP contribution in [0.2, 0.25) is 5.02 Å². The highest BCUT2D eigenvalue weighted by Crippen LogP contribution is 2.28. The Morgan fingerprint density at radius 1 is 1.03 bits per heavy atom. The molecule has 0 atom stereocenters. The fraction of sp³-hybridized carbons (Fsp3) is 0.0645. The average Bonchev–Trinajstić information content (AvgIpc) is 3.65. The monoisotopic (exact) mass is 534 g/mol. The number of ether oxygens (including phenoxy) is 1. The summed E-state index contributed by atoms with van der Waals surface area (Å²) in [6.45, 7) is 0.519. The zero-order valence-electron chi connectivity index (χ0n) is 20.8. The number of nitriles is 1. The standard InChI is InChI=1S/C31H23ClN4O3/c32-29-11-5-4-7-23(29)21-39-27-14-12-22(13-15-27)30-25(20-36(35-30)26-8-2-1-3-9-26)17-24(18-33)31(37)34-19-28-10-6-16-38-28/h1-17,20H,19,21H2,(H,34,37)/b24-17+. The Hall–Kier alpha value is -5.06. The van der Waals surface area contributed by atoms with Gasteiger partial charge in [0.1, 0.15) is 29.8 Å². The number of halogens is 1. The van der Waals surface area contributed by atoms with Crippen LogP contribution < -0.4 is 10.1 Å². The second-order valence-corrected chi connectivity index (χ2v) is 8.96. The average molecular weight is 535 g/mol. The van der Waals surface area contributed by atoms with Crippen LogP contribution in [0.4, 0.5) is 0 Å². The van der Waals surface area contributed by atoms with E-state index in [0.717, 1.165) is 16.8 Å². The zero-order chi connectivity index (χ0) is 27.0. The molecule has 0 bridgehead atoms. The Morgan fingerprint density at radius 2 is 1.79 bits per heavy atom. The largest absolute Gasteiger partial charge is 0.489 e. The van der Waals surface area contributed by atoms with Crippen molar-refractivity contribution in [2.45, 2.75) is 13.2 Å². The lowest BCUT2D eigenvalue weighted by molar-refractivity contribution is -0.117. The molecule has 0 aliphatic heterocycles. The Kier molecular flexibility index (Phi) is 7.87. The van der Waals surface area contributed by atoms with Crippen LogP contribution in [0.3, 0.4) is 0 Å². The van der Waals surface area contributed by atoms with Gasteiger partial charge in [0.2, 0.25) is 0 Å². The molecule has 0 saturated carbocycles. The number of nitrogens with one attached hydrogen (secondary N) is 1. The van der Waals surface area contributed by atoms with Gasteiger partial charge in [0.25, 0.3) is 5.91 Å². The van der Waals surface area contributed by atoms with E-state index in [1.165, 1.54) is 6.26 Å². The molecule has 5 aromatic rings. The summed E-state index contributed by atoms with van der Waals surface area (Å²) in [7, 11) is 0. The van der Waals surface area contributed by atoms with E-state index in [1.807, 2.05) is 84.9 Å². The third-order valence-corrected chi connectivity index (χ3v) is 6.28. The highest BCUT2D eigenvalue weighted by molar-refractivity contribution is 6.31. The van der Waals surface area contributed by atoms with E-state index in [1.54, 1.807) is 29.1 Å². The number of furan rings is 1. The maximum absolute atomic E-state index is 12.8. The molecule has 1 N–H and O–H groups in total. The number of amides is 1. The van der Waals surface area contributed by atoms with Crippen molar-refractivity contribution in [1.29, 1.82) is 5.26 Å². The Bertz CT molecular complexity index is 1630. The number of rotatable bonds is 9. The van der Waals surface area contributed by atoms with Crippen molar-refractivity contribution in [3.05, 3.63) is 131 Å². The smallest absolute Gasteiger partial charge is 0.262 e. The van der Waals surface area contributed by atoms with Crippen molar-refractivity contribution in [2.24, 2.45) is 0 Å². The number of benzene rings is 3. The summed E-state index contributed by atoms with van der Waals surface area (Å²) < 4.78 is 12.9. The Morgan fingerprint density at radius 3 is 2.51 bits per heavy atom. The van der Waals surface area contributed by atoms with Gasteiger partial charge in [-0.25, -0.2) is 4.68 Å². The normalized spacial score (nSPS) is 11.1. The SMILES string of the molecule is N#C/C(=C\c1cn(-c2ccccc2)nc1-c1ccc(OCc2ccccc2Cl)cc1)C(=O)NCc1ccco1. The van der Waals surface area contributed by atoms with Gasteiger partial charge in [0.15, 0.2) is 0 Å². The number of hydrogen-bond acceptors (Lipinski definition) is 5.